The number of hydrogen-bond donors (Lipinski definition) is 1. The van der Waals surface area contributed by atoms with Crippen molar-refractivity contribution in [2.45, 2.75) is 13.3 Å². The van der Waals surface area contributed by atoms with Crippen LogP contribution in [0.25, 0.3) is 0 Å². The predicted octanol–water partition coefficient (Wildman–Crippen LogP) is 2.38. The van der Waals surface area contributed by atoms with Gasteiger partial charge in [0.2, 0.25) is 11.8 Å². The maximum absolute atomic E-state index is 12.5. The quantitative estimate of drug-likeness (QED) is 0.900. The zero-order chi connectivity index (χ0) is 18.4. The highest BCUT2D eigenvalue weighted by atomic mass is 16.2. The minimum atomic E-state index is -0.0122. The highest BCUT2D eigenvalue weighted by Crippen LogP contribution is 2.19. The van der Waals surface area contributed by atoms with E-state index in [4.69, 9.17) is 0 Å². The van der Waals surface area contributed by atoms with Gasteiger partial charge in [0.1, 0.15) is 0 Å². The van der Waals surface area contributed by atoms with Gasteiger partial charge in [-0.25, -0.2) is 0 Å². The summed E-state index contributed by atoms with van der Waals surface area (Å²) in [6.07, 6.45) is 0.786. The molecule has 0 unspecified atom stereocenters. The van der Waals surface area contributed by atoms with Gasteiger partial charge in [0.15, 0.2) is 0 Å². The number of para-hydroxylation sites is 1. The highest BCUT2D eigenvalue weighted by Gasteiger charge is 2.20. The molecule has 5 nitrogen and oxygen atoms in total. The average molecular weight is 351 g/mol. The van der Waals surface area contributed by atoms with Gasteiger partial charge in [-0.1, -0.05) is 48.5 Å². The molecule has 2 amide bonds. The number of benzene rings is 2. The van der Waals surface area contributed by atoms with E-state index in [1.165, 1.54) is 5.56 Å². The summed E-state index contributed by atoms with van der Waals surface area (Å²) in [6, 6.07) is 18.2. The van der Waals surface area contributed by atoms with E-state index in [1.54, 1.807) is 6.92 Å². The first kappa shape index (κ1) is 18.1. The minimum Gasteiger partial charge on any atom is -0.340 e. The number of nitrogens with one attached hydrogen (secondary N) is 1. The Labute approximate surface area is 154 Å². The molecule has 0 spiro atoms. The summed E-state index contributed by atoms with van der Waals surface area (Å²) >= 11 is 0. The van der Waals surface area contributed by atoms with Crippen molar-refractivity contribution in [3.8, 4) is 0 Å². The molecule has 2 aromatic carbocycles. The smallest absolute Gasteiger partial charge is 0.238 e. The van der Waals surface area contributed by atoms with Crippen LogP contribution in [0.15, 0.2) is 54.6 Å². The second-order valence-corrected chi connectivity index (χ2v) is 6.65. The number of anilines is 1. The second-order valence-electron chi connectivity index (χ2n) is 6.65. The molecule has 1 fully saturated rings. The van der Waals surface area contributed by atoms with Gasteiger partial charge in [0.25, 0.3) is 0 Å². The van der Waals surface area contributed by atoms with E-state index in [-0.39, 0.29) is 11.8 Å². The number of carbonyl (C=O) groups is 2. The van der Waals surface area contributed by atoms with Crippen molar-refractivity contribution in [1.82, 2.24) is 9.80 Å². The van der Waals surface area contributed by atoms with Gasteiger partial charge in [0.05, 0.1) is 6.54 Å². The Morgan fingerprint density at radius 2 is 1.58 bits per heavy atom. The third kappa shape index (κ3) is 4.92. The van der Waals surface area contributed by atoms with Crippen LogP contribution in [0.4, 0.5) is 5.69 Å². The Morgan fingerprint density at radius 1 is 0.923 bits per heavy atom. The van der Waals surface area contributed by atoms with E-state index in [0.29, 0.717) is 19.6 Å². The van der Waals surface area contributed by atoms with Crippen molar-refractivity contribution >= 4 is 17.5 Å². The summed E-state index contributed by atoms with van der Waals surface area (Å²) in [7, 11) is 0. The molecule has 136 valence electrons. The second kappa shape index (κ2) is 8.63. The third-order valence-corrected chi connectivity index (χ3v) is 4.71. The Hall–Kier alpha value is -2.66. The number of nitrogens with zero attached hydrogens (tertiary/aromatic N) is 2. The van der Waals surface area contributed by atoms with Crippen molar-refractivity contribution in [1.29, 1.82) is 0 Å². The fourth-order valence-electron chi connectivity index (χ4n) is 3.23. The van der Waals surface area contributed by atoms with Crippen LogP contribution in [0.5, 0.6) is 0 Å². The predicted molar refractivity (Wildman–Crippen MR) is 103 cm³/mol. The van der Waals surface area contributed by atoms with Crippen molar-refractivity contribution in [3.63, 3.8) is 0 Å². The van der Waals surface area contributed by atoms with Gasteiger partial charge < -0.3 is 10.2 Å². The number of piperazine rings is 1. The SMILES string of the molecule is CC(=O)N1CCN(CC(=O)Nc2ccccc2Cc2ccccc2)CC1. The Balaban J connectivity index is 1.57. The van der Waals surface area contributed by atoms with Crippen LogP contribution in [-0.4, -0.2) is 54.3 Å². The molecule has 1 N–H and O–H groups in total. The van der Waals surface area contributed by atoms with Crippen molar-refractivity contribution in [2.24, 2.45) is 0 Å². The maximum atomic E-state index is 12.5. The monoisotopic (exact) mass is 351 g/mol. The van der Waals surface area contributed by atoms with E-state index >= 15 is 0 Å². The maximum Gasteiger partial charge on any atom is 0.238 e. The number of amides is 2. The van der Waals surface area contributed by atoms with Crippen molar-refractivity contribution in [2.75, 3.05) is 38.0 Å². The molecule has 1 saturated heterocycles. The molecule has 0 bridgehead atoms. The lowest BCUT2D eigenvalue weighted by Crippen LogP contribution is -2.49. The molecular formula is C21H25N3O2. The summed E-state index contributed by atoms with van der Waals surface area (Å²) in [6.45, 7) is 4.79. The molecule has 0 aromatic heterocycles. The van der Waals surface area contributed by atoms with E-state index in [1.807, 2.05) is 47.4 Å². The lowest BCUT2D eigenvalue weighted by molar-refractivity contribution is -0.130. The zero-order valence-electron chi connectivity index (χ0n) is 15.1. The first-order chi connectivity index (χ1) is 12.6. The summed E-state index contributed by atoms with van der Waals surface area (Å²) in [5.41, 5.74) is 3.19. The minimum absolute atomic E-state index is 0.0122. The molecule has 0 atom stereocenters. The van der Waals surface area contributed by atoms with E-state index < -0.39 is 0 Å². The summed E-state index contributed by atoms with van der Waals surface area (Å²) in [4.78, 5) is 27.8. The molecule has 26 heavy (non-hydrogen) atoms. The Bertz CT molecular complexity index is 753. The molecule has 1 aliphatic heterocycles. The lowest BCUT2D eigenvalue weighted by Gasteiger charge is -2.33. The molecule has 1 aliphatic rings. The fraction of sp³-hybridized carbons (Fsp3) is 0.333. The van der Waals surface area contributed by atoms with Gasteiger partial charge in [-0.3, -0.25) is 14.5 Å². The summed E-state index contributed by atoms with van der Waals surface area (Å²) in [5, 5.41) is 3.05. The van der Waals surface area contributed by atoms with Gasteiger partial charge in [-0.15, -0.1) is 0 Å². The first-order valence-corrected chi connectivity index (χ1v) is 9.01. The molecule has 0 aliphatic carbocycles. The van der Waals surface area contributed by atoms with Crippen LogP contribution in [0.1, 0.15) is 18.1 Å². The number of carbonyl (C=O) groups excluding carboxylic acids is 2. The third-order valence-electron chi connectivity index (χ3n) is 4.71. The standard InChI is InChI=1S/C21H25N3O2/c1-17(25)24-13-11-23(12-14-24)16-21(26)22-20-10-6-5-9-19(20)15-18-7-3-2-4-8-18/h2-10H,11-16H2,1H3,(H,22,26). The highest BCUT2D eigenvalue weighted by molar-refractivity contribution is 5.93. The van der Waals surface area contributed by atoms with Crippen LogP contribution in [0.3, 0.4) is 0 Å². The van der Waals surface area contributed by atoms with Crippen LogP contribution < -0.4 is 5.32 Å². The van der Waals surface area contributed by atoms with Gasteiger partial charge in [0, 0.05) is 38.8 Å². The Kier molecular flexibility index (Phi) is 6.02. The van der Waals surface area contributed by atoms with E-state index in [9.17, 15) is 9.59 Å². The largest absolute Gasteiger partial charge is 0.340 e. The summed E-state index contributed by atoms with van der Waals surface area (Å²) in [5.74, 6) is 0.0886. The average Bonchev–Trinajstić information content (AvgIpc) is 2.64. The van der Waals surface area contributed by atoms with E-state index in [0.717, 1.165) is 30.8 Å². The Morgan fingerprint density at radius 3 is 2.27 bits per heavy atom. The van der Waals surface area contributed by atoms with Gasteiger partial charge >= 0.3 is 0 Å². The van der Waals surface area contributed by atoms with Crippen LogP contribution >= 0.6 is 0 Å². The number of hydrogen-bond acceptors (Lipinski definition) is 3. The number of rotatable bonds is 5. The van der Waals surface area contributed by atoms with Crippen LogP contribution in [0, 0.1) is 0 Å². The first-order valence-electron chi connectivity index (χ1n) is 9.01. The fourth-order valence-corrected chi connectivity index (χ4v) is 3.23. The van der Waals surface area contributed by atoms with Crippen molar-refractivity contribution in [3.05, 3.63) is 65.7 Å². The van der Waals surface area contributed by atoms with Crippen LogP contribution in [0.2, 0.25) is 0 Å². The topological polar surface area (TPSA) is 52.7 Å². The van der Waals surface area contributed by atoms with Crippen molar-refractivity contribution < 1.29 is 9.59 Å². The molecular weight excluding hydrogens is 326 g/mol. The molecule has 3 rings (SSSR count). The van der Waals surface area contributed by atoms with E-state index in [2.05, 4.69) is 22.3 Å². The van der Waals surface area contributed by atoms with Gasteiger partial charge in [-0.05, 0) is 23.6 Å². The molecule has 0 radical (unpaired) electrons. The van der Waals surface area contributed by atoms with Crippen LogP contribution in [-0.2, 0) is 16.0 Å². The molecule has 2 aromatic rings. The lowest BCUT2D eigenvalue weighted by atomic mass is 10.0. The molecule has 5 heteroatoms. The normalized spacial score (nSPS) is 14.9. The zero-order valence-corrected chi connectivity index (χ0v) is 15.1. The summed E-state index contributed by atoms with van der Waals surface area (Å²) < 4.78 is 0. The molecule has 1 heterocycles. The molecule has 0 saturated carbocycles. The van der Waals surface area contributed by atoms with Gasteiger partial charge in [-0.2, -0.15) is 0 Å².